The highest BCUT2D eigenvalue weighted by Crippen LogP contribution is 2.52. The monoisotopic (exact) mass is 470 g/mol. The molecule has 0 atom stereocenters. The van der Waals surface area contributed by atoms with Gasteiger partial charge in [-0.15, -0.1) is 11.3 Å². The number of aromatic nitrogens is 2. The summed E-state index contributed by atoms with van der Waals surface area (Å²) in [6, 6.07) is 1.39. The van der Waals surface area contributed by atoms with E-state index in [1.807, 2.05) is 13.1 Å². The van der Waals surface area contributed by atoms with Crippen LogP contribution in [0.1, 0.15) is 47.4 Å². The molecular formula is C21H22ClF3N4OS. The van der Waals surface area contributed by atoms with Gasteiger partial charge in [0.15, 0.2) is 5.82 Å². The van der Waals surface area contributed by atoms with Gasteiger partial charge in [-0.05, 0) is 32.3 Å². The van der Waals surface area contributed by atoms with Crippen LogP contribution in [0.15, 0.2) is 23.1 Å². The van der Waals surface area contributed by atoms with Crippen molar-refractivity contribution < 1.29 is 17.9 Å². The average molecular weight is 471 g/mol. The molecule has 5 heterocycles. The number of hydrogen-bond donors (Lipinski definition) is 0. The summed E-state index contributed by atoms with van der Waals surface area (Å²) in [4.78, 5) is 6.97. The number of nitrogens with zero attached hydrogens (tertiary/aromatic N) is 4. The highest BCUT2D eigenvalue weighted by atomic mass is 35.5. The van der Waals surface area contributed by atoms with Crippen molar-refractivity contribution in [3.63, 3.8) is 0 Å². The van der Waals surface area contributed by atoms with Crippen LogP contribution in [0.5, 0.6) is 0 Å². The number of piperidine rings is 1. The zero-order valence-electron chi connectivity index (χ0n) is 17.0. The molecule has 0 amide bonds. The van der Waals surface area contributed by atoms with Crippen molar-refractivity contribution in [2.24, 2.45) is 4.99 Å². The third-order valence-electron chi connectivity index (χ3n) is 6.26. The number of halogens is 4. The first kappa shape index (κ1) is 21.2. The molecule has 2 aromatic heterocycles. The maximum atomic E-state index is 14.3. The molecule has 1 spiro atoms. The van der Waals surface area contributed by atoms with E-state index < -0.39 is 18.1 Å². The third-order valence-corrected chi connectivity index (χ3v) is 7.71. The summed E-state index contributed by atoms with van der Waals surface area (Å²) >= 11 is 7.28. The first-order valence-electron chi connectivity index (χ1n) is 10.3. The molecule has 0 bridgehead atoms. The molecular weight excluding hydrogens is 449 g/mol. The van der Waals surface area contributed by atoms with Crippen LogP contribution in [0, 0.1) is 6.92 Å². The Hall–Kier alpha value is -1.68. The van der Waals surface area contributed by atoms with E-state index in [1.54, 1.807) is 6.21 Å². The van der Waals surface area contributed by atoms with Crippen LogP contribution in [0.2, 0.25) is 4.34 Å². The summed E-state index contributed by atoms with van der Waals surface area (Å²) in [5.41, 5.74) is 1.13. The molecule has 1 fully saturated rings. The number of rotatable bonds is 3. The zero-order chi connectivity index (χ0) is 21.8. The van der Waals surface area contributed by atoms with Crippen LogP contribution in [-0.4, -0.2) is 40.6 Å². The first-order valence-corrected chi connectivity index (χ1v) is 11.5. The molecule has 0 aliphatic carbocycles. The van der Waals surface area contributed by atoms with Gasteiger partial charge in [-0.25, -0.2) is 14.1 Å². The molecule has 10 heteroatoms. The van der Waals surface area contributed by atoms with Gasteiger partial charge in [0.05, 0.1) is 10.0 Å². The lowest BCUT2D eigenvalue weighted by atomic mass is 9.84. The Morgan fingerprint density at radius 2 is 2.06 bits per heavy atom. The quantitative estimate of drug-likeness (QED) is 0.596. The lowest BCUT2D eigenvalue weighted by Gasteiger charge is -2.45. The molecule has 31 heavy (non-hydrogen) atoms. The SMILES string of the molecule is Cc1nn(C2=C(F)CCC=N2)cc1CN1CCC2(CC1)OCC(F)(F)c1cc(Cl)sc12. The van der Waals surface area contributed by atoms with E-state index in [9.17, 15) is 13.2 Å². The van der Waals surface area contributed by atoms with E-state index in [0.29, 0.717) is 54.5 Å². The molecule has 3 aliphatic rings. The van der Waals surface area contributed by atoms with Gasteiger partial charge in [-0.1, -0.05) is 11.6 Å². The van der Waals surface area contributed by atoms with E-state index in [2.05, 4.69) is 15.0 Å². The molecule has 0 N–H and O–H groups in total. The van der Waals surface area contributed by atoms with Crippen molar-refractivity contribution in [2.75, 3.05) is 19.7 Å². The van der Waals surface area contributed by atoms with Crippen LogP contribution in [0.4, 0.5) is 13.2 Å². The summed E-state index contributed by atoms with van der Waals surface area (Å²) in [5.74, 6) is -3.01. The van der Waals surface area contributed by atoms with Crippen molar-refractivity contribution in [1.82, 2.24) is 14.7 Å². The van der Waals surface area contributed by atoms with Crippen molar-refractivity contribution in [1.29, 1.82) is 0 Å². The molecule has 2 aromatic rings. The van der Waals surface area contributed by atoms with Gasteiger partial charge in [0.25, 0.3) is 5.92 Å². The van der Waals surface area contributed by atoms with Crippen molar-refractivity contribution in [3.05, 3.63) is 44.1 Å². The van der Waals surface area contributed by atoms with Gasteiger partial charge in [0, 0.05) is 54.5 Å². The fourth-order valence-electron chi connectivity index (χ4n) is 4.49. The maximum absolute atomic E-state index is 14.3. The van der Waals surface area contributed by atoms with Gasteiger partial charge in [0.1, 0.15) is 18.0 Å². The molecule has 166 valence electrons. The second-order valence-electron chi connectivity index (χ2n) is 8.32. The Kier molecular flexibility index (Phi) is 5.28. The molecule has 0 radical (unpaired) electrons. The highest BCUT2D eigenvalue weighted by molar-refractivity contribution is 7.16. The smallest absolute Gasteiger partial charge is 0.297 e. The molecule has 3 aliphatic heterocycles. The predicted molar refractivity (Wildman–Crippen MR) is 114 cm³/mol. The predicted octanol–water partition coefficient (Wildman–Crippen LogP) is 5.48. The number of thiophene rings is 1. The van der Waals surface area contributed by atoms with Gasteiger partial charge >= 0.3 is 0 Å². The molecule has 5 rings (SSSR count). The van der Waals surface area contributed by atoms with Gasteiger partial charge in [-0.2, -0.15) is 13.9 Å². The fourth-order valence-corrected chi connectivity index (χ4v) is 5.97. The zero-order valence-corrected chi connectivity index (χ0v) is 18.6. The van der Waals surface area contributed by atoms with E-state index in [0.717, 1.165) is 11.3 Å². The van der Waals surface area contributed by atoms with E-state index in [4.69, 9.17) is 16.3 Å². The van der Waals surface area contributed by atoms with Crippen molar-refractivity contribution in [3.8, 4) is 0 Å². The fraction of sp³-hybridized carbons (Fsp3) is 0.524. The largest absolute Gasteiger partial charge is 0.363 e. The first-order chi connectivity index (χ1) is 14.8. The Bertz CT molecular complexity index is 1070. The minimum atomic E-state index is -3.00. The number of alkyl halides is 2. The van der Waals surface area contributed by atoms with Crippen LogP contribution < -0.4 is 0 Å². The molecule has 0 unspecified atom stereocenters. The second kappa shape index (κ2) is 7.72. The molecule has 1 saturated heterocycles. The number of hydrogen-bond acceptors (Lipinski definition) is 5. The minimum Gasteiger partial charge on any atom is -0.363 e. The minimum absolute atomic E-state index is 0.0164. The summed E-state index contributed by atoms with van der Waals surface area (Å²) in [6.45, 7) is 3.32. The van der Waals surface area contributed by atoms with Crippen LogP contribution >= 0.6 is 22.9 Å². The average Bonchev–Trinajstić information content (AvgIpc) is 3.31. The lowest BCUT2D eigenvalue weighted by molar-refractivity contribution is -0.182. The van der Waals surface area contributed by atoms with Gasteiger partial charge < -0.3 is 4.74 Å². The summed E-state index contributed by atoms with van der Waals surface area (Å²) < 4.78 is 50.4. The maximum Gasteiger partial charge on any atom is 0.297 e. The lowest BCUT2D eigenvalue weighted by Crippen LogP contribution is -2.48. The van der Waals surface area contributed by atoms with Gasteiger partial charge in [0.2, 0.25) is 0 Å². The molecule has 0 aromatic carbocycles. The molecule has 5 nitrogen and oxygen atoms in total. The number of ether oxygens (including phenoxy) is 1. The Morgan fingerprint density at radius 3 is 2.81 bits per heavy atom. The normalized spacial score (nSPS) is 22.9. The third kappa shape index (κ3) is 3.75. The van der Waals surface area contributed by atoms with Crippen molar-refractivity contribution >= 4 is 35.0 Å². The standard InChI is InChI=1S/C21H22ClF3N4OS/c1-13-14(11-29(27-13)19-16(23)3-2-6-26-19)10-28-7-4-20(5-8-28)18-15(9-17(22)31-18)21(24,25)12-30-20/h6,9,11H,2-5,7-8,10,12H2,1H3. The van der Waals surface area contributed by atoms with Crippen LogP contribution in [0.3, 0.4) is 0 Å². The van der Waals surface area contributed by atoms with E-state index in [1.165, 1.54) is 22.1 Å². The van der Waals surface area contributed by atoms with Crippen LogP contribution in [-0.2, 0) is 22.8 Å². The van der Waals surface area contributed by atoms with Gasteiger partial charge in [-0.3, -0.25) is 4.90 Å². The Morgan fingerprint density at radius 1 is 1.29 bits per heavy atom. The summed E-state index contributed by atoms with van der Waals surface area (Å²) in [5, 5.41) is 4.44. The number of likely N-dealkylation sites (tertiary alicyclic amines) is 1. The Balaban J connectivity index is 1.31. The van der Waals surface area contributed by atoms with Crippen LogP contribution in [0.25, 0.3) is 5.82 Å². The summed E-state index contributed by atoms with van der Waals surface area (Å²) in [6.07, 6.45) is 5.70. The highest BCUT2D eigenvalue weighted by Gasteiger charge is 2.51. The molecule has 0 saturated carbocycles. The topological polar surface area (TPSA) is 42.7 Å². The van der Waals surface area contributed by atoms with E-state index >= 15 is 0 Å². The number of aryl methyl sites for hydroxylation is 1. The van der Waals surface area contributed by atoms with E-state index in [-0.39, 0.29) is 17.2 Å². The Labute approximate surface area is 187 Å². The number of aliphatic imine (C=N–C) groups is 1. The number of fused-ring (bicyclic) bond motifs is 2. The van der Waals surface area contributed by atoms with Crippen molar-refractivity contribution in [2.45, 2.75) is 50.7 Å². The summed E-state index contributed by atoms with van der Waals surface area (Å²) in [7, 11) is 0. The second-order valence-corrected chi connectivity index (χ2v) is 10.0. The number of allylic oxidation sites excluding steroid dienone is 1.